The fourth-order valence-corrected chi connectivity index (χ4v) is 1.92. The number of hydrogen-bond acceptors (Lipinski definition) is 4. The van der Waals surface area contributed by atoms with Crippen LogP contribution >= 0.6 is 12.2 Å². The molecule has 0 spiro atoms. The van der Waals surface area contributed by atoms with E-state index in [1.165, 1.54) is 5.56 Å². The maximum absolute atomic E-state index is 5.70. The summed E-state index contributed by atoms with van der Waals surface area (Å²) >= 11 is 5.03. The zero-order valence-corrected chi connectivity index (χ0v) is 11.8. The first-order chi connectivity index (χ1) is 9.08. The minimum Gasteiger partial charge on any atom is -0.389 e. The van der Waals surface area contributed by atoms with Gasteiger partial charge in [0.15, 0.2) is 0 Å². The van der Waals surface area contributed by atoms with Gasteiger partial charge in [0, 0.05) is 24.6 Å². The van der Waals surface area contributed by atoms with Crippen molar-refractivity contribution >= 4 is 23.0 Å². The molecule has 5 heteroatoms. The lowest BCUT2D eigenvalue weighted by molar-refractivity contribution is 1.05. The molecule has 0 amide bonds. The van der Waals surface area contributed by atoms with E-state index in [2.05, 4.69) is 22.2 Å². The number of hydrogen-bond donors (Lipinski definition) is 2. The number of aromatic nitrogens is 2. The third kappa shape index (κ3) is 3.26. The van der Waals surface area contributed by atoms with E-state index < -0.39 is 0 Å². The predicted molar refractivity (Wildman–Crippen MR) is 81.2 cm³/mol. The van der Waals surface area contributed by atoms with Crippen LogP contribution in [-0.4, -0.2) is 15.0 Å². The molecule has 19 heavy (non-hydrogen) atoms. The van der Waals surface area contributed by atoms with Crippen molar-refractivity contribution in [3.8, 4) is 0 Å². The molecule has 2 heterocycles. The highest BCUT2D eigenvalue weighted by Gasteiger charge is 2.07. The topological polar surface area (TPSA) is 63.8 Å². The summed E-state index contributed by atoms with van der Waals surface area (Å²) in [6.07, 6.45) is 3.63. The van der Waals surface area contributed by atoms with Gasteiger partial charge < -0.3 is 11.1 Å². The minimum absolute atomic E-state index is 0.345. The number of rotatable bonds is 4. The summed E-state index contributed by atoms with van der Waals surface area (Å²) in [4.78, 5) is 8.91. The summed E-state index contributed by atoms with van der Waals surface area (Å²) in [5, 5.41) is 3.27. The van der Waals surface area contributed by atoms with Crippen LogP contribution in [0.5, 0.6) is 0 Å². The van der Waals surface area contributed by atoms with Gasteiger partial charge in [-0.2, -0.15) is 0 Å². The number of anilines is 1. The summed E-state index contributed by atoms with van der Waals surface area (Å²) in [5.74, 6) is 0.718. The van der Waals surface area contributed by atoms with Crippen LogP contribution in [0.3, 0.4) is 0 Å². The lowest BCUT2D eigenvalue weighted by Gasteiger charge is -2.12. The first kappa shape index (κ1) is 13.4. The predicted octanol–water partition coefficient (Wildman–Crippen LogP) is 2.34. The first-order valence-electron chi connectivity index (χ1n) is 5.98. The van der Waals surface area contributed by atoms with Crippen molar-refractivity contribution < 1.29 is 0 Å². The highest BCUT2D eigenvalue weighted by Crippen LogP contribution is 2.15. The van der Waals surface area contributed by atoms with Gasteiger partial charge >= 0.3 is 0 Å². The van der Waals surface area contributed by atoms with Crippen molar-refractivity contribution in [1.82, 2.24) is 9.97 Å². The number of nitrogens with two attached hydrogens (primary N) is 1. The van der Waals surface area contributed by atoms with E-state index in [-0.39, 0.29) is 0 Å². The average Bonchev–Trinajstić information content (AvgIpc) is 2.37. The van der Waals surface area contributed by atoms with Crippen molar-refractivity contribution in [2.24, 2.45) is 5.73 Å². The van der Waals surface area contributed by atoms with Gasteiger partial charge in [0.2, 0.25) is 0 Å². The molecular formula is C14H16N4S. The molecule has 0 aromatic carbocycles. The zero-order chi connectivity index (χ0) is 13.8. The molecule has 0 radical (unpaired) electrons. The zero-order valence-electron chi connectivity index (χ0n) is 11.0. The normalized spacial score (nSPS) is 10.2. The minimum atomic E-state index is 0.345. The molecule has 2 aromatic heterocycles. The van der Waals surface area contributed by atoms with E-state index in [1.807, 2.05) is 31.3 Å². The lowest BCUT2D eigenvalue weighted by atomic mass is 10.1. The van der Waals surface area contributed by atoms with Crippen molar-refractivity contribution in [1.29, 1.82) is 0 Å². The molecule has 0 fully saturated rings. The van der Waals surface area contributed by atoms with Gasteiger partial charge in [-0.15, -0.1) is 0 Å². The van der Waals surface area contributed by atoms with Crippen LogP contribution < -0.4 is 11.1 Å². The van der Waals surface area contributed by atoms with E-state index in [0.717, 1.165) is 22.6 Å². The second kappa shape index (κ2) is 5.75. The molecule has 0 unspecified atom stereocenters. The number of nitrogens with one attached hydrogen (secondary N) is 1. The monoisotopic (exact) mass is 272 g/mol. The lowest BCUT2D eigenvalue weighted by Crippen LogP contribution is -2.15. The molecule has 2 rings (SSSR count). The highest BCUT2D eigenvalue weighted by atomic mass is 32.1. The third-order valence-corrected chi connectivity index (χ3v) is 3.11. The van der Waals surface area contributed by atoms with Gasteiger partial charge in [0.25, 0.3) is 0 Å². The van der Waals surface area contributed by atoms with E-state index in [4.69, 9.17) is 18.0 Å². The quantitative estimate of drug-likeness (QED) is 0.836. The van der Waals surface area contributed by atoms with Crippen LogP contribution in [-0.2, 0) is 6.54 Å². The molecular weight excluding hydrogens is 256 g/mol. The Morgan fingerprint density at radius 1 is 1.32 bits per heavy atom. The average molecular weight is 272 g/mol. The van der Waals surface area contributed by atoms with Crippen LogP contribution in [0.15, 0.2) is 30.6 Å². The Bertz CT molecular complexity index is 610. The van der Waals surface area contributed by atoms with Crippen LogP contribution in [0.4, 0.5) is 5.82 Å². The van der Waals surface area contributed by atoms with Gasteiger partial charge in [0.05, 0.1) is 5.56 Å². The Morgan fingerprint density at radius 2 is 2.11 bits per heavy atom. The fraction of sp³-hybridized carbons (Fsp3) is 0.214. The van der Waals surface area contributed by atoms with Crippen LogP contribution in [0, 0.1) is 13.8 Å². The Labute approximate surface area is 118 Å². The first-order valence-corrected chi connectivity index (χ1v) is 6.39. The van der Waals surface area contributed by atoms with Gasteiger partial charge in [-0.1, -0.05) is 12.2 Å². The second-order valence-electron chi connectivity index (χ2n) is 4.37. The molecule has 0 aliphatic carbocycles. The number of thiocarbonyl (C=S) groups is 1. The molecule has 0 aliphatic heterocycles. The van der Waals surface area contributed by atoms with Crippen molar-refractivity contribution in [3.63, 3.8) is 0 Å². The van der Waals surface area contributed by atoms with Crippen molar-refractivity contribution in [2.45, 2.75) is 20.4 Å². The number of aryl methyl sites for hydroxylation is 2. The van der Waals surface area contributed by atoms with Gasteiger partial charge in [-0.3, -0.25) is 4.98 Å². The maximum atomic E-state index is 5.70. The Morgan fingerprint density at radius 3 is 2.79 bits per heavy atom. The number of nitrogens with zero attached hydrogens (tertiary/aromatic N) is 2. The molecule has 98 valence electrons. The van der Waals surface area contributed by atoms with E-state index in [1.54, 1.807) is 6.20 Å². The molecule has 0 atom stereocenters. The van der Waals surface area contributed by atoms with Gasteiger partial charge in [-0.05, 0) is 43.2 Å². The summed E-state index contributed by atoms with van der Waals surface area (Å²) in [6, 6.07) is 5.77. The molecule has 0 saturated heterocycles. The van der Waals surface area contributed by atoms with Crippen molar-refractivity contribution in [2.75, 3.05) is 5.32 Å². The molecule has 2 aromatic rings. The fourth-order valence-electron chi connectivity index (χ4n) is 1.75. The largest absolute Gasteiger partial charge is 0.389 e. The van der Waals surface area contributed by atoms with Gasteiger partial charge in [0.1, 0.15) is 10.8 Å². The summed E-state index contributed by atoms with van der Waals surface area (Å²) in [5.41, 5.74) is 9.70. The second-order valence-corrected chi connectivity index (χ2v) is 4.81. The molecule has 3 N–H and O–H groups in total. The summed E-state index contributed by atoms with van der Waals surface area (Å²) in [7, 11) is 0. The van der Waals surface area contributed by atoms with Gasteiger partial charge in [-0.25, -0.2) is 4.98 Å². The Hall–Kier alpha value is -2.01. The highest BCUT2D eigenvalue weighted by molar-refractivity contribution is 7.80. The van der Waals surface area contributed by atoms with Crippen molar-refractivity contribution in [3.05, 3.63) is 53.0 Å². The Balaban J connectivity index is 2.22. The molecule has 4 nitrogen and oxygen atoms in total. The maximum Gasteiger partial charge on any atom is 0.136 e. The molecule has 0 bridgehead atoms. The Kier molecular flexibility index (Phi) is 4.06. The van der Waals surface area contributed by atoms with Crippen LogP contribution in [0.25, 0.3) is 0 Å². The third-order valence-electron chi connectivity index (χ3n) is 2.89. The smallest absolute Gasteiger partial charge is 0.136 e. The summed E-state index contributed by atoms with van der Waals surface area (Å²) in [6.45, 7) is 4.63. The van der Waals surface area contributed by atoms with Crippen LogP contribution in [0.2, 0.25) is 0 Å². The van der Waals surface area contributed by atoms with Crippen LogP contribution in [0.1, 0.15) is 22.4 Å². The standard InChI is InChI=1S/C14H16N4S/c1-9-5-6-16-7-11(9)8-17-14-12(13(15)19)4-3-10(2)18-14/h3-7H,8H2,1-2H3,(H2,15,19)(H,17,18). The molecule has 0 aliphatic rings. The van der Waals surface area contributed by atoms with E-state index >= 15 is 0 Å². The van der Waals surface area contributed by atoms with E-state index in [9.17, 15) is 0 Å². The van der Waals surface area contributed by atoms with E-state index in [0.29, 0.717) is 11.5 Å². The number of pyridine rings is 2. The molecule has 0 saturated carbocycles. The SMILES string of the molecule is Cc1ccc(C(N)=S)c(NCc2cnccc2C)n1. The summed E-state index contributed by atoms with van der Waals surface area (Å²) < 4.78 is 0.